The van der Waals surface area contributed by atoms with Gasteiger partial charge in [-0.3, -0.25) is 9.59 Å². The van der Waals surface area contributed by atoms with Crippen molar-refractivity contribution in [1.29, 1.82) is 0 Å². The molecule has 4 rings (SSSR count). The number of rotatable bonds is 3. The van der Waals surface area contributed by atoms with E-state index in [1.807, 2.05) is 42.1 Å². The third-order valence-electron chi connectivity index (χ3n) is 4.37. The summed E-state index contributed by atoms with van der Waals surface area (Å²) in [7, 11) is 0. The van der Waals surface area contributed by atoms with Crippen molar-refractivity contribution < 1.29 is 14.3 Å². The quantitative estimate of drug-likeness (QED) is 0.889. The molecule has 5 nitrogen and oxygen atoms in total. The van der Waals surface area contributed by atoms with E-state index < -0.39 is 6.10 Å². The second-order valence-electron chi connectivity index (χ2n) is 6.09. The lowest BCUT2D eigenvalue weighted by Gasteiger charge is -2.28. The van der Waals surface area contributed by atoms with Crippen molar-refractivity contribution in [2.24, 2.45) is 0 Å². The average Bonchev–Trinajstić information content (AvgIpc) is 2.63. The number of hydrogen-bond donors (Lipinski definition) is 2. The molecule has 2 aromatic carbocycles. The molecule has 2 unspecified atom stereocenters. The van der Waals surface area contributed by atoms with Crippen LogP contribution in [0.4, 0.5) is 5.69 Å². The Morgan fingerprint density at radius 1 is 1.20 bits per heavy atom. The molecule has 0 aromatic heterocycles. The minimum atomic E-state index is -0.803. The summed E-state index contributed by atoms with van der Waals surface area (Å²) in [6.07, 6.45) is 0.0862. The van der Waals surface area contributed by atoms with Gasteiger partial charge >= 0.3 is 0 Å². The maximum atomic E-state index is 12.5. The first-order chi connectivity index (χ1) is 12.2. The van der Waals surface area contributed by atoms with Crippen LogP contribution in [-0.2, 0) is 9.59 Å². The fraction of sp³-hybridized carbons (Fsp3) is 0.263. The molecule has 0 spiro atoms. The number of thioether (sulfide) groups is 1. The van der Waals surface area contributed by atoms with Gasteiger partial charge in [0.1, 0.15) is 5.75 Å². The number of benzene rings is 2. The Morgan fingerprint density at radius 3 is 2.92 bits per heavy atom. The summed E-state index contributed by atoms with van der Waals surface area (Å²) in [6.45, 7) is 0. The van der Waals surface area contributed by atoms with Crippen LogP contribution in [0.3, 0.4) is 0 Å². The van der Waals surface area contributed by atoms with E-state index in [0.29, 0.717) is 11.4 Å². The maximum absolute atomic E-state index is 12.5. The highest BCUT2D eigenvalue weighted by molar-refractivity contribution is 7.99. The zero-order valence-corrected chi connectivity index (χ0v) is 14.3. The first-order valence-electron chi connectivity index (χ1n) is 8.28. The summed E-state index contributed by atoms with van der Waals surface area (Å²) in [6, 6.07) is 15.3. The molecule has 0 bridgehead atoms. The van der Waals surface area contributed by atoms with Crippen molar-refractivity contribution in [3.05, 3.63) is 54.1 Å². The van der Waals surface area contributed by atoms with Gasteiger partial charge in [-0.2, -0.15) is 0 Å². The Balaban J connectivity index is 1.43. The Kier molecular flexibility index (Phi) is 4.36. The van der Waals surface area contributed by atoms with E-state index in [9.17, 15) is 9.59 Å². The number of para-hydroxylation sites is 2. The highest BCUT2D eigenvalue weighted by Crippen LogP contribution is 2.36. The van der Waals surface area contributed by atoms with Crippen LogP contribution >= 0.6 is 11.8 Å². The summed E-state index contributed by atoms with van der Waals surface area (Å²) in [4.78, 5) is 25.8. The van der Waals surface area contributed by atoms with Gasteiger partial charge in [-0.05, 0) is 30.2 Å². The topological polar surface area (TPSA) is 67.4 Å². The predicted octanol–water partition coefficient (Wildman–Crippen LogP) is 3.13. The SMILES string of the molecule is O=C(CC1Oc2ccccc2NC1=O)NC1CCSc2ccccc21. The first kappa shape index (κ1) is 16.0. The van der Waals surface area contributed by atoms with Crippen LogP contribution in [0.2, 0.25) is 0 Å². The van der Waals surface area contributed by atoms with Crippen molar-refractivity contribution in [2.45, 2.75) is 29.9 Å². The summed E-state index contributed by atoms with van der Waals surface area (Å²) in [5.74, 6) is 1.11. The lowest BCUT2D eigenvalue weighted by atomic mass is 10.0. The Labute approximate surface area is 150 Å². The Hall–Kier alpha value is -2.47. The second-order valence-corrected chi connectivity index (χ2v) is 7.23. The molecule has 0 aliphatic carbocycles. The molecule has 6 heteroatoms. The second kappa shape index (κ2) is 6.80. The van der Waals surface area contributed by atoms with E-state index in [-0.39, 0.29) is 24.3 Å². The number of ether oxygens (including phenoxy) is 1. The fourth-order valence-corrected chi connectivity index (χ4v) is 4.27. The number of carbonyl (C=O) groups is 2. The van der Waals surface area contributed by atoms with E-state index >= 15 is 0 Å². The normalized spacial score (nSPS) is 21.4. The average molecular weight is 354 g/mol. The van der Waals surface area contributed by atoms with Crippen molar-refractivity contribution in [3.8, 4) is 5.75 Å². The van der Waals surface area contributed by atoms with Gasteiger partial charge < -0.3 is 15.4 Å². The molecule has 2 N–H and O–H groups in total. The van der Waals surface area contributed by atoms with Crippen LogP contribution in [0.25, 0.3) is 0 Å². The fourth-order valence-electron chi connectivity index (χ4n) is 3.14. The van der Waals surface area contributed by atoms with E-state index in [2.05, 4.69) is 16.7 Å². The van der Waals surface area contributed by atoms with Crippen molar-refractivity contribution in [2.75, 3.05) is 11.1 Å². The minimum absolute atomic E-state index is 0.00593. The molecule has 2 aromatic rings. The van der Waals surface area contributed by atoms with E-state index in [1.165, 1.54) is 4.90 Å². The Morgan fingerprint density at radius 2 is 2.00 bits per heavy atom. The van der Waals surface area contributed by atoms with Gasteiger partial charge in [-0.25, -0.2) is 0 Å². The van der Waals surface area contributed by atoms with Gasteiger partial charge in [0.25, 0.3) is 5.91 Å². The minimum Gasteiger partial charge on any atom is -0.478 e. The van der Waals surface area contributed by atoms with Gasteiger partial charge in [0.05, 0.1) is 18.2 Å². The van der Waals surface area contributed by atoms with E-state index in [0.717, 1.165) is 17.7 Å². The zero-order chi connectivity index (χ0) is 17.2. The number of fused-ring (bicyclic) bond motifs is 2. The highest BCUT2D eigenvalue weighted by Gasteiger charge is 2.31. The number of nitrogens with one attached hydrogen (secondary N) is 2. The first-order valence-corrected chi connectivity index (χ1v) is 9.27. The van der Waals surface area contributed by atoms with Crippen LogP contribution in [0, 0.1) is 0 Å². The predicted molar refractivity (Wildman–Crippen MR) is 96.8 cm³/mol. The van der Waals surface area contributed by atoms with Crippen LogP contribution in [0.5, 0.6) is 5.75 Å². The number of hydrogen-bond acceptors (Lipinski definition) is 4. The van der Waals surface area contributed by atoms with E-state index in [1.54, 1.807) is 12.1 Å². The van der Waals surface area contributed by atoms with Gasteiger partial charge in [0, 0.05) is 10.6 Å². The molecule has 25 heavy (non-hydrogen) atoms. The lowest BCUT2D eigenvalue weighted by Crippen LogP contribution is -2.42. The third kappa shape index (κ3) is 3.35. The van der Waals surface area contributed by atoms with Crippen LogP contribution in [0.15, 0.2) is 53.4 Å². The Bertz CT molecular complexity index is 824. The van der Waals surface area contributed by atoms with Crippen molar-refractivity contribution in [3.63, 3.8) is 0 Å². The number of anilines is 1. The number of amides is 2. The summed E-state index contributed by atoms with van der Waals surface area (Å²) < 4.78 is 5.70. The smallest absolute Gasteiger partial charge is 0.266 e. The highest BCUT2D eigenvalue weighted by atomic mass is 32.2. The molecule has 0 fully saturated rings. The molecule has 2 aliphatic heterocycles. The zero-order valence-electron chi connectivity index (χ0n) is 13.5. The van der Waals surface area contributed by atoms with Crippen LogP contribution < -0.4 is 15.4 Å². The molecule has 0 saturated carbocycles. The molecular weight excluding hydrogens is 336 g/mol. The lowest BCUT2D eigenvalue weighted by molar-refractivity contribution is -0.130. The van der Waals surface area contributed by atoms with Crippen molar-refractivity contribution >= 4 is 29.3 Å². The molecular formula is C19H18N2O3S. The molecule has 0 radical (unpaired) electrons. The van der Waals surface area contributed by atoms with Crippen LogP contribution in [-0.4, -0.2) is 23.7 Å². The van der Waals surface area contributed by atoms with Crippen LogP contribution in [0.1, 0.15) is 24.4 Å². The monoisotopic (exact) mass is 354 g/mol. The molecule has 128 valence electrons. The van der Waals surface area contributed by atoms with Gasteiger partial charge in [-0.1, -0.05) is 30.3 Å². The standard InChI is InChI=1S/C19H18N2O3S/c22-18(20-13-9-10-25-17-8-4-1-5-12(13)17)11-16-19(23)21-14-6-2-3-7-15(14)24-16/h1-8,13,16H,9-11H2,(H,20,22)(H,21,23). The largest absolute Gasteiger partial charge is 0.478 e. The summed E-state index contributed by atoms with van der Waals surface area (Å²) in [5, 5.41) is 5.84. The molecule has 2 amide bonds. The maximum Gasteiger partial charge on any atom is 0.266 e. The molecule has 2 aliphatic rings. The van der Waals surface area contributed by atoms with E-state index in [4.69, 9.17) is 4.74 Å². The molecule has 2 atom stereocenters. The molecule has 0 saturated heterocycles. The summed E-state index contributed by atoms with van der Waals surface area (Å²) in [5.41, 5.74) is 1.79. The number of carbonyl (C=O) groups excluding carboxylic acids is 2. The van der Waals surface area contributed by atoms with Gasteiger partial charge in [-0.15, -0.1) is 11.8 Å². The van der Waals surface area contributed by atoms with Gasteiger partial charge in [0.2, 0.25) is 5.91 Å². The third-order valence-corrected chi connectivity index (χ3v) is 5.49. The summed E-state index contributed by atoms with van der Waals surface area (Å²) >= 11 is 1.81. The molecule has 2 heterocycles. The van der Waals surface area contributed by atoms with Crippen molar-refractivity contribution in [1.82, 2.24) is 5.32 Å². The van der Waals surface area contributed by atoms with Gasteiger partial charge in [0.15, 0.2) is 6.10 Å².